The number of hydrogen-bond donors (Lipinski definition) is 2. The molecule has 0 spiro atoms. The minimum atomic E-state index is -1.12. The van der Waals surface area contributed by atoms with Crippen LogP contribution in [0.15, 0.2) is 18.2 Å². The predicted molar refractivity (Wildman–Crippen MR) is 100 cm³/mol. The standard InChI is InChI=1S/C17H20N4O5S/c1-17(2)15(24)19-16(27)20-13(22)8-11(21(17)20)14(23)18-10-6-5-9(25-3)7-12(10)26-4/h5-7,11H,8H2,1-4H3,(H,18,23)(H,19,24,27)/t11-/m1/s1. The first-order valence-corrected chi connectivity index (χ1v) is 8.62. The lowest BCUT2D eigenvalue weighted by Crippen LogP contribution is -2.71. The van der Waals surface area contributed by atoms with Gasteiger partial charge in [-0.2, -0.15) is 5.01 Å². The fraction of sp³-hybridized carbons (Fsp3) is 0.412. The molecule has 3 rings (SSSR count). The molecule has 2 saturated heterocycles. The molecule has 27 heavy (non-hydrogen) atoms. The highest BCUT2D eigenvalue weighted by atomic mass is 32.1. The lowest BCUT2D eigenvalue weighted by atomic mass is 10.00. The van der Waals surface area contributed by atoms with Crippen LogP contribution < -0.4 is 20.1 Å². The van der Waals surface area contributed by atoms with Crippen LogP contribution in [0.1, 0.15) is 20.3 Å². The van der Waals surface area contributed by atoms with Crippen LogP contribution >= 0.6 is 12.2 Å². The van der Waals surface area contributed by atoms with Gasteiger partial charge in [0.2, 0.25) is 17.7 Å². The maximum atomic E-state index is 12.9. The SMILES string of the molecule is COc1ccc(NC(=O)[C@H]2CC(=O)N3C(=S)NC(=O)C(C)(C)N23)c(OC)c1. The number of hydrogen-bond acceptors (Lipinski definition) is 7. The second-order valence-corrected chi connectivity index (χ2v) is 7.03. The number of nitrogens with one attached hydrogen (secondary N) is 2. The molecule has 0 aliphatic carbocycles. The Labute approximate surface area is 161 Å². The monoisotopic (exact) mass is 392 g/mol. The number of fused-ring (bicyclic) bond motifs is 1. The number of ether oxygens (including phenoxy) is 2. The molecule has 1 aromatic carbocycles. The van der Waals surface area contributed by atoms with Gasteiger partial charge in [-0.25, -0.2) is 5.01 Å². The summed E-state index contributed by atoms with van der Waals surface area (Å²) in [7, 11) is 3.00. The van der Waals surface area contributed by atoms with Crippen LogP contribution in [0.3, 0.4) is 0 Å². The number of thiocarbonyl (C=S) groups is 1. The first kappa shape index (κ1) is 19.1. The summed E-state index contributed by atoms with van der Waals surface area (Å²) in [6, 6.07) is 4.07. The van der Waals surface area contributed by atoms with Gasteiger partial charge in [0.1, 0.15) is 23.1 Å². The molecule has 2 fully saturated rings. The molecular formula is C17H20N4O5S. The molecule has 1 atom stereocenters. The largest absolute Gasteiger partial charge is 0.497 e. The summed E-state index contributed by atoms with van der Waals surface area (Å²) in [5, 5.41) is 7.86. The summed E-state index contributed by atoms with van der Waals surface area (Å²) < 4.78 is 10.4. The molecule has 9 nitrogen and oxygen atoms in total. The van der Waals surface area contributed by atoms with E-state index in [1.54, 1.807) is 32.0 Å². The number of hydrazine groups is 1. The summed E-state index contributed by atoms with van der Waals surface area (Å²) in [6.07, 6.45) is -0.0944. The number of rotatable bonds is 4. The van der Waals surface area contributed by atoms with Crippen molar-refractivity contribution in [2.24, 2.45) is 0 Å². The Bertz CT molecular complexity index is 841. The molecule has 2 heterocycles. The highest BCUT2D eigenvalue weighted by molar-refractivity contribution is 7.80. The molecule has 2 N–H and O–H groups in total. The van der Waals surface area contributed by atoms with Gasteiger partial charge in [0.25, 0.3) is 0 Å². The van der Waals surface area contributed by atoms with Crippen molar-refractivity contribution in [1.82, 2.24) is 15.3 Å². The molecule has 3 amide bonds. The molecule has 0 saturated carbocycles. The van der Waals surface area contributed by atoms with Crippen LogP contribution in [0.25, 0.3) is 0 Å². The highest BCUT2D eigenvalue weighted by Gasteiger charge is 2.56. The molecular weight excluding hydrogens is 372 g/mol. The van der Waals surface area contributed by atoms with E-state index in [1.807, 2.05) is 0 Å². The number of methoxy groups -OCH3 is 2. The average Bonchev–Trinajstić information content (AvgIpc) is 2.99. The van der Waals surface area contributed by atoms with Gasteiger partial charge in [-0.3, -0.25) is 19.7 Å². The van der Waals surface area contributed by atoms with Crippen molar-refractivity contribution in [3.63, 3.8) is 0 Å². The topological polar surface area (TPSA) is 100 Å². The Hall–Kier alpha value is -2.72. The fourth-order valence-corrected chi connectivity index (χ4v) is 3.46. The Morgan fingerprint density at radius 2 is 2.00 bits per heavy atom. The maximum absolute atomic E-state index is 12.9. The van der Waals surface area contributed by atoms with E-state index in [2.05, 4.69) is 10.6 Å². The second kappa shape index (κ2) is 6.78. The molecule has 0 unspecified atom stereocenters. The van der Waals surface area contributed by atoms with Gasteiger partial charge >= 0.3 is 0 Å². The van der Waals surface area contributed by atoms with E-state index in [4.69, 9.17) is 21.7 Å². The Morgan fingerprint density at radius 3 is 2.63 bits per heavy atom. The second-order valence-electron chi connectivity index (χ2n) is 6.64. The lowest BCUT2D eigenvalue weighted by Gasteiger charge is -2.45. The summed E-state index contributed by atoms with van der Waals surface area (Å²) in [4.78, 5) is 37.7. The average molecular weight is 392 g/mol. The minimum Gasteiger partial charge on any atom is -0.497 e. The van der Waals surface area contributed by atoms with Crippen molar-refractivity contribution in [2.45, 2.75) is 31.8 Å². The van der Waals surface area contributed by atoms with E-state index in [9.17, 15) is 14.4 Å². The van der Waals surface area contributed by atoms with Gasteiger partial charge in [0.15, 0.2) is 5.11 Å². The summed E-state index contributed by atoms with van der Waals surface area (Å²) in [6.45, 7) is 3.26. The first-order valence-electron chi connectivity index (χ1n) is 8.21. The van der Waals surface area contributed by atoms with Gasteiger partial charge in [0, 0.05) is 6.07 Å². The molecule has 144 valence electrons. The number of carbonyl (C=O) groups excluding carboxylic acids is 3. The first-order chi connectivity index (χ1) is 12.7. The smallest absolute Gasteiger partial charge is 0.248 e. The number of benzene rings is 1. The molecule has 2 aliphatic heterocycles. The Kier molecular flexibility index (Phi) is 4.79. The third-order valence-corrected chi connectivity index (χ3v) is 4.90. The van der Waals surface area contributed by atoms with E-state index in [-0.39, 0.29) is 23.3 Å². The number of amides is 3. The third-order valence-electron chi connectivity index (χ3n) is 4.63. The van der Waals surface area contributed by atoms with Crippen molar-refractivity contribution in [1.29, 1.82) is 0 Å². The molecule has 0 radical (unpaired) electrons. The van der Waals surface area contributed by atoms with E-state index in [0.29, 0.717) is 17.2 Å². The number of anilines is 1. The quantitative estimate of drug-likeness (QED) is 0.726. The molecule has 0 aromatic heterocycles. The van der Waals surface area contributed by atoms with Crippen LogP contribution in [0.5, 0.6) is 11.5 Å². The van der Waals surface area contributed by atoms with Gasteiger partial charge in [-0.1, -0.05) is 0 Å². The van der Waals surface area contributed by atoms with Crippen LogP contribution in [0.4, 0.5) is 5.69 Å². The van der Waals surface area contributed by atoms with Crippen molar-refractivity contribution >= 4 is 40.7 Å². The van der Waals surface area contributed by atoms with Crippen LogP contribution in [0.2, 0.25) is 0 Å². The molecule has 1 aromatic rings. The van der Waals surface area contributed by atoms with Crippen LogP contribution in [-0.4, -0.2) is 58.7 Å². The van der Waals surface area contributed by atoms with E-state index < -0.39 is 17.5 Å². The number of nitrogens with zero attached hydrogens (tertiary/aromatic N) is 2. The van der Waals surface area contributed by atoms with Crippen molar-refractivity contribution in [2.75, 3.05) is 19.5 Å². The maximum Gasteiger partial charge on any atom is 0.248 e. The van der Waals surface area contributed by atoms with Gasteiger partial charge in [0.05, 0.1) is 26.3 Å². The van der Waals surface area contributed by atoms with E-state index >= 15 is 0 Å². The van der Waals surface area contributed by atoms with Crippen LogP contribution in [-0.2, 0) is 14.4 Å². The fourth-order valence-electron chi connectivity index (χ4n) is 3.18. The molecule has 10 heteroatoms. The highest BCUT2D eigenvalue weighted by Crippen LogP contribution is 2.34. The number of carbonyl (C=O) groups is 3. The zero-order valence-electron chi connectivity index (χ0n) is 15.4. The van der Waals surface area contributed by atoms with Crippen molar-refractivity contribution in [3.8, 4) is 11.5 Å². The van der Waals surface area contributed by atoms with E-state index in [1.165, 1.54) is 24.2 Å². The molecule has 0 bridgehead atoms. The predicted octanol–water partition coefficient (Wildman–Crippen LogP) is 0.653. The van der Waals surface area contributed by atoms with Gasteiger partial charge in [-0.15, -0.1) is 0 Å². The summed E-state index contributed by atoms with van der Waals surface area (Å²) in [5.41, 5.74) is -0.698. The van der Waals surface area contributed by atoms with E-state index in [0.717, 1.165) is 0 Å². The van der Waals surface area contributed by atoms with Gasteiger partial charge < -0.3 is 14.8 Å². The van der Waals surface area contributed by atoms with Crippen molar-refractivity contribution in [3.05, 3.63) is 18.2 Å². The minimum absolute atomic E-state index is 0.0262. The molecule has 2 aliphatic rings. The summed E-state index contributed by atoms with van der Waals surface area (Å²) in [5.74, 6) is -0.186. The normalized spacial score (nSPS) is 21.6. The van der Waals surface area contributed by atoms with Crippen LogP contribution in [0, 0.1) is 0 Å². The van der Waals surface area contributed by atoms with Crippen molar-refractivity contribution < 1.29 is 23.9 Å². The lowest BCUT2D eigenvalue weighted by molar-refractivity contribution is -0.154. The third kappa shape index (κ3) is 3.10. The Balaban J connectivity index is 1.90. The Morgan fingerprint density at radius 1 is 1.30 bits per heavy atom. The zero-order valence-corrected chi connectivity index (χ0v) is 16.2. The van der Waals surface area contributed by atoms with Gasteiger partial charge in [-0.05, 0) is 38.2 Å². The summed E-state index contributed by atoms with van der Waals surface area (Å²) >= 11 is 5.10. The zero-order chi connectivity index (χ0) is 19.9.